The van der Waals surface area contributed by atoms with E-state index in [0.29, 0.717) is 5.92 Å². The standard InChI is InChI=1S/C15H28N4O/c1-2-13(9-10-16)7-8-14-17-15(18-20-14)19-11-5-3-4-6-12-19/h13H,2-12,16H2,1H3. The van der Waals surface area contributed by atoms with Crippen molar-refractivity contribution in [3.05, 3.63) is 5.89 Å². The number of aromatic nitrogens is 2. The minimum absolute atomic E-state index is 0.675. The fourth-order valence-electron chi connectivity index (χ4n) is 2.86. The lowest BCUT2D eigenvalue weighted by Gasteiger charge is -2.16. The summed E-state index contributed by atoms with van der Waals surface area (Å²) in [5.41, 5.74) is 5.63. The molecule has 0 aliphatic carbocycles. The van der Waals surface area contributed by atoms with Crippen molar-refractivity contribution in [3.63, 3.8) is 0 Å². The molecule has 0 spiro atoms. The zero-order valence-electron chi connectivity index (χ0n) is 12.7. The molecule has 1 aliphatic rings. The second-order valence-corrected chi connectivity index (χ2v) is 5.78. The molecule has 114 valence electrons. The molecule has 1 saturated heterocycles. The lowest BCUT2D eigenvalue weighted by Crippen LogP contribution is -2.24. The smallest absolute Gasteiger partial charge is 0.266 e. The molecular formula is C15H28N4O. The van der Waals surface area contributed by atoms with Gasteiger partial charge in [0.2, 0.25) is 5.89 Å². The van der Waals surface area contributed by atoms with Crippen molar-refractivity contribution in [2.45, 2.75) is 58.3 Å². The average molecular weight is 280 g/mol. The number of rotatable bonds is 7. The van der Waals surface area contributed by atoms with Crippen LogP contribution >= 0.6 is 0 Å². The molecule has 5 nitrogen and oxygen atoms in total. The van der Waals surface area contributed by atoms with Crippen LogP contribution in [0.1, 0.15) is 57.8 Å². The third kappa shape index (κ3) is 4.47. The predicted molar refractivity (Wildman–Crippen MR) is 80.8 cm³/mol. The lowest BCUT2D eigenvalue weighted by molar-refractivity contribution is 0.353. The first-order valence-corrected chi connectivity index (χ1v) is 8.11. The van der Waals surface area contributed by atoms with E-state index in [1.165, 1.54) is 32.1 Å². The molecule has 2 N–H and O–H groups in total. The fraction of sp³-hybridized carbons (Fsp3) is 0.867. The molecule has 1 aromatic heterocycles. The number of hydrogen-bond donors (Lipinski definition) is 1. The van der Waals surface area contributed by atoms with Crippen molar-refractivity contribution in [3.8, 4) is 0 Å². The summed E-state index contributed by atoms with van der Waals surface area (Å²) in [6, 6.07) is 0. The molecule has 2 rings (SSSR count). The normalized spacial score (nSPS) is 18.0. The second kappa shape index (κ2) is 8.25. The summed E-state index contributed by atoms with van der Waals surface area (Å²) in [6.07, 6.45) is 9.33. The molecule has 5 heteroatoms. The molecule has 1 aliphatic heterocycles. The van der Waals surface area contributed by atoms with Gasteiger partial charge >= 0.3 is 0 Å². The van der Waals surface area contributed by atoms with Gasteiger partial charge in [0.15, 0.2) is 0 Å². The summed E-state index contributed by atoms with van der Waals surface area (Å²) in [5, 5.41) is 4.15. The summed E-state index contributed by atoms with van der Waals surface area (Å²) in [7, 11) is 0. The maximum Gasteiger partial charge on any atom is 0.266 e. The highest BCUT2D eigenvalue weighted by Gasteiger charge is 2.16. The van der Waals surface area contributed by atoms with Gasteiger partial charge in [0.1, 0.15) is 0 Å². The van der Waals surface area contributed by atoms with Crippen LogP contribution in [0.3, 0.4) is 0 Å². The molecule has 1 aromatic rings. The Bertz CT molecular complexity index is 372. The zero-order valence-corrected chi connectivity index (χ0v) is 12.7. The van der Waals surface area contributed by atoms with Gasteiger partial charge in [-0.25, -0.2) is 0 Å². The molecule has 1 atom stereocenters. The SMILES string of the molecule is CCC(CCN)CCc1nc(N2CCCCCC2)no1. The lowest BCUT2D eigenvalue weighted by atomic mass is 9.97. The maximum atomic E-state index is 5.63. The monoisotopic (exact) mass is 280 g/mol. The van der Waals surface area contributed by atoms with Crippen LogP contribution in [0.2, 0.25) is 0 Å². The fourth-order valence-corrected chi connectivity index (χ4v) is 2.86. The molecule has 0 bridgehead atoms. The van der Waals surface area contributed by atoms with E-state index < -0.39 is 0 Å². The minimum atomic E-state index is 0.675. The zero-order chi connectivity index (χ0) is 14.2. The van der Waals surface area contributed by atoms with Crippen molar-refractivity contribution in [1.82, 2.24) is 10.1 Å². The van der Waals surface area contributed by atoms with Crippen LogP contribution in [0.15, 0.2) is 4.52 Å². The quantitative estimate of drug-likeness (QED) is 0.831. The Labute approximate surface area is 121 Å². The largest absolute Gasteiger partial charge is 0.338 e. The number of nitrogens with zero attached hydrogens (tertiary/aromatic N) is 3. The van der Waals surface area contributed by atoms with Crippen LogP contribution in [-0.2, 0) is 6.42 Å². The van der Waals surface area contributed by atoms with Crippen LogP contribution in [0.4, 0.5) is 5.95 Å². The van der Waals surface area contributed by atoms with Crippen molar-refractivity contribution in [2.75, 3.05) is 24.5 Å². The molecule has 1 fully saturated rings. The van der Waals surface area contributed by atoms with E-state index in [0.717, 1.165) is 50.7 Å². The Morgan fingerprint density at radius 3 is 2.60 bits per heavy atom. The summed E-state index contributed by atoms with van der Waals surface area (Å²) in [5.74, 6) is 2.24. The van der Waals surface area contributed by atoms with Crippen LogP contribution in [0, 0.1) is 5.92 Å². The van der Waals surface area contributed by atoms with E-state index in [9.17, 15) is 0 Å². The molecule has 20 heavy (non-hydrogen) atoms. The Kier molecular flexibility index (Phi) is 6.30. The van der Waals surface area contributed by atoms with Crippen molar-refractivity contribution >= 4 is 5.95 Å². The van der Waals surface area contributed by atoms with Gasteiger partial charge in [0.05, 0.1) is 0 Å². The van der Waals surface area contributed by atoms with Crippen molar-refractivity contribution in [2.24, 2.45) is 11.7 Å². The number of anilines is 1. The maximum absolute atomic E-state index is 5.63. The highest BCUT2D eigenvalue weighted by atomic mass is 16.5. The van der Waals surface area contributed by atoms with Gasteiger partial charge in [0.25, 0.3) is 5.95 Å². The van der Waals surface area contributed by atoms with Crippen LogP contribution in [-0.4, -0.2) is 29.8 Å². The molecule has 0 saturated carbocycles. The molecule has 2 heterocycles. The van der Waals surface area contributed by atoms with E-state index in [4.69, 9.17) is 10.3 Å². The first-order chi connectivity index (χ1) is 9.83. The number of aryl methyl sites for hydroxylation is 1. The van der Waals surface area contributed by atoms with Crippen molar-refractivity contribution < 1.29 is 4.52 Å². The third-order valence-corrected chi connectivity index (χ3v) is 4.26. The first kappa shape index (κ1) is 15.3. The second-order valence-electron chi connectivity index (χ2n) is 5.78. The minimum Gasteiger partial charge on any atom is -0.338 e. The van der Waals surface area contributed by atoms with Crippen LogP contribution < -0.4 is 10.6 Å². The van der Waals surface area contributed by atoms with Gasteiger partial charge in [0, 0.05) is 19.5 Å². The Hall–Kier alpha value is -1.10. The van der Waals surface area contributed by atoms with Crippen molar-refractivity contribution in [1.29, 1.82) is 0 Å². The molecule has 1 unspecified atom stereocenters. The van der Waals surface area contributed by atoms with E-state index >= 15 is 0 Å². The van der Waals surface area contributed by atoms with Crippen LogP contribution in [0.25, 0.3) is 0 Å². The summed E-state index contributed by atoms with van der Waals surface area (Å²) in [6.45, 7) is 5.10. The van der Waals surface area contributed by atoms with Crippen LogP contribution in [0.5, 0.6) is 0 Å². The Balaban J connectivity index is 1.84. The average Bonchev–Trinajstić information content (AvgIpc) is 2.77. The van der Waals surface area contributed by atoms with E-state index in [1.54, 1.807) is 0 Å². The van der Waals surface area contributed by atoms with Gasteiger partial charge in [-0.3, -0.25) is 0 Å². The van der Waals surface area contributed by atoms with Gasteiger partial charge in [-0.2, -0.15) is 4.98 Å². The van der Waals surface area contributed by atoms with Gasteiger partial charge in [-0.15, -0.1) is 0 Å². The van der Waals surface area contributed by atoms with Gasteiger partial charge < -0.3 is 15.2 Å². The molecular weight excluding hydrogens is 252 g/mol. The van der Waals surface area contributed by atoms with Gasteiger partial charge in [-0.1, -0.05) is 26.2 Å². The summed E-state index contributed by atoms with van der Waals surface area (Å²) < 4.78 is 5.40. The third-order valence-electron chi connectivity index (χ3n) is 4.26. The van der Waals surface area contributed by atoms with E-state index in [-0.39, 0.29) is 0 Å². The Morgan fingerprint density at radius 2 is 1.95 bits per heavy atom. The topological polar surface area (TPSA) is 68.2 Å². The highest BCUT2D eigenvalue weighted by molar-refractivity contribution is 5.27. The van der Waals surface area contributed by atoms with Gasteiger partial charge in [-0.05, 0) is 43.3 Å². The number of hydrogen-bond acceptors (Lipinski definition) is 5. The predicted octanol–water partition coefficient (Wildman–Crippen LogP) is 2.76. The molecule has 0 amide bonds. The van der Waals surface area contributed by atoms with E-state index in [1.807, 2.05) is 0 Å². The van der Waals surface area contributed by atoms with E-state index in [2.05, 4.69) is 22.0 Å². The molecule has 0 radical (unpaired) electrons. The number of nitrogens with two attached hydrogens (primary N) is 1. The summed E-state index contributed by atoms with van der Waals surface area (Å²) in [4.78, 5) is 6.82. The summed E-state index contributed by atoms with van der Waals surface area (Å²) >= 11 is 0. The first-order valence-electron chi connectivity index (χ1n) is 8.11. The highest BCUT2D eigenvalue weighted by Crippen LogP contribution is 2.19. The molecule has 0 aromatic carbocycles. The Morgan fingerprint density at radius 1 is 1.20 bits per heavy atom.